The molecule has 0 saturated heterocycles. The fourth-order valence-corrected chi connectivity index (χ4v) is 0. The lowest BCUT2D eigenvalue weighted by molar-refractivity contribution is 0.186. The molecule has 0 aliphatic carbocycles. The van der Waals surface area contributed by atoms with E-state index in [1.165, 1.54) is 0 Å². The zero-order chi connectivity index (χ0) is 30.8. The van der Waals surface area contributed by atoms with Gasteiger partial charge >= 0.3 is 0 Å². The van der Waals surface area contributed by atoms with Gasteiger partial charge in [-0.1, -0.05) is 0 Å². The SMILES string of the molecule is C=C.C=C.C=C.C=C.C=C.C=C.C=C.C=C.C=C.C=C.C=C.C=C.OCCO.OCCO. The fourth-order valence-electron chi connectivity index (χ4n) is 0. The lowest BCUT2D eigenvalue weighted by atomic mass is 10.8. The molecule has 0 amide bonds. The van der Waals surface area contributed by atoms with Crippen LogP contribution in [0.3, 0.4) is 0 Å². The summed E-state index contributed by atoms with van der Waals surface area (Å²) in [6, 6.07) is 0. The molecule has 4 heteroatoms. The van der Waals surface area contributed by atoms with Crippen LogP contribution in [-0.2, 0) is 0 Å². The van der Waals surface area contributed by atoms with Gasteiger partial charge in [-0.15, -0.1) is 158 Å². The molecule has 0 spiro atoms. The summed E-state index contributed by atoms with van der Waals surface area (Å²) in [7, 11) is 0. The van der Waals surface area contributed by atoms with Crippen molar-refractivity contribution in [3.8, 4) is 0 Å². The van der Waals surface area contributed by atoms with Crippen molar-refractivity contribution in [2.45, 2.75) is 0 Å². The molecule has 0 aromatic heterocycles. The van der Waals surface area contributed by atoms with Crippen molar-refractivity contribution >= 4 is 0 Å². The Morgan fingerprint density at radius 1 is 0.188 bits per heavy atom. The maximum absolute atomic E-state index is 7.62. The number of rotatable bonds is 2. The second-order valence-corrected chi connectivity index (χ2v) is 0.894. The van der Waals surface area contributed by atoms with E-state index in [0.717, 1.165) is 0 Å². The van der Waals surface area contributed by atoms with Gasteiger partial charge in [-0.3, -0.25) is 0 Å². The molecule has 0 bridgehead atoms. The van der Waals surface area contributed by atoms with Gasteiger partial charge in [0.2, 0.25) is 0 Å². The van der Waals surface area contributed by atoms with Crippen LogP contribution in [0.15, 0.2) is 158 Å². The first-order valence-corrected chi connectivity index (χ1v) is 8.26. The third kappa shape index (κ3) is 10800. The molecule has 0 heterocycles. The van der Waals surface area contributed by atoms with Gasteiger partial charge in [-0.25, -0.2) is 0 Å². The molecule has 0 rings (SSSR count). The Kier molecular flexibility index (Phi) is 122000. The van der Waals surface area contributed by atoms with Crippen molar-refractivity contribution in [1.29, 1.82) is 0 Å². The van der Waals surface area contributed by atoms with Gasteiger partial charge in [-0.05, 0) is 0 Å². The van der Waals surface area contributed by atoms with Crippen LogP contribution >= 0.6 is 0 Å². The minimum atomic E-state index is -0.125. The van der Waals surface area contributed by atoms with E-state index in [2.05, 4.69) is 158 Å². The molecular weight excluding hydrogens is 400 g/mol. The van der Waals surface area contributed by atoms with E-state index in [4.69, 9.17) is 20.4 Å². The number of aliphatic hydroxyl groups excluding tert-OH is 4. The van der Waals surface area contributed by atoms with Gasteiger partial charge in [0.05, 0.1) is 26.4 Å². The first-order chi connectivity index (χ1) is 15.8. The average molecular weight is 461 g/mol. The third-order valence-corrected chi connectivity index (χ3v) is 0.200. The second-order valence-electron chi connectivity index (χ2n) is 0.894. The highest BCUT2D eigenvalue weighted by Gasteiger charge is 1.58. The minimum absolute atomic E-state index is 0.125. The Morgan fingerprint density at radius 2 is 0.219 bits per heavy atom. The molecule has 0 fully saturated rings. The molecule has 196 valence electrons. The van der Waals surface area contributed by atoms with E-state index in [1.807, 2.05) is 0 Å². The smallest absolute Gasteiger partial charge is 0.0662 e. The largest absolute Gasteiger partial charge is 0.394 e. The molecule has 4 N–H and O–H groups in total. The summed E-state index contributed by atoms with van der Waals surface area (Å²) in [5.74, 6) is 0. The standard InChI is InChI=1S/2C2H6O2.12C2H4/c2*3-1-2-4;12*1-2/h2*3-4H,1-2H2;12*1-2H2. The van der Waals surface area contributed by atoms with Crippen molar-refractivity contribution < 1.29 is 20.4 Å². The maximum Gasteiger partial charge on any atom is 0.0662 e. The number of hydrogen-bond acceptors (Lipinski definition) is 4. The van der Waals surface area contributed by atoms with E-state index in [9.17, 15) is 0 Å². The van der Waals surface area contributed by atoms with Crippen LogP contribution in [0.25, 0.3) is 0 Å². The number of hydrogen-bond donors (Lipinski definition) is 4. The summed E-state index contributed by atoms with van der Waals surface area (Å²) in [4.78, 5) is 0. The summed E-state index contributed by atoms with van der Waals surface area (Å²) in [5, 5.41) is 30.5. The molecular formula is C28H60O4. The van der Waals surface area contributed by atoms with E-state index < -0.39 is 0 Å². The highest BCUT2D eigenvalue weighted by atomic mass is 16.3. The maximum atomic E-state index is 7.62. The summed E-state index contributed by atoms with van der Waals surface area (Å²) in [5.41, 5.74) is 0. The number of aliphatic hydroxyl groups is 4. The molecule has 0 aromatic rings. The summed E-state index contributed by atoms with van der Waals surface area (Å²) in [6.07, 6.45) is 0. The Balaban J connectivity index is -0.00000000921. The quantitative estimate of drug-likeness (QED) is 0.320. The van der Waals surface area contributed by atoms with Gasteiger partial charge in [0, 0.05) is 0 Å². The van der Waals surface area contributed by atoms with Crippen LogP contribution in [0, 0.1) is 0 Å². The first-order valence-electron chi connectivity index (χ1n) is 8.26. The second kappa shape index (κ2) is 38200. The van der Waals surface area contributed by atoms with Gasteiger partial charge < -0.3 is 20.4 Å². The fraction of sp³-hybridized carbons (Fsp3) is 0.143. The van der Waals surface area contributed by atoms with Crippen molar-refractivity contribution in [2.24, 2.45) is 0 Å². The minimum Gasteiger partial charge on any atom is -0.394 e. The zero-order valence-corrected chi connectivity index (χ0v) is 21.6. The normalized spacial score (nSPS) is 3.38. The monoisotopic (exact) mass is 460 g/mol. The van der Waals surface area contributed by atoms with E-state index in [-0.39, 0.29) is 26.4 Å². The molecule has 0 aliphatic heterocycles. The summed E-state index contributed by atoms with van der Waals surface area (Å²) in [6.45, 7) is 71.5. The van der Waals surface area contributed by atoms with Crippen molar-refractivity contribution in [3.05, 3.63) is 158 Å². The summed E-state index contributed by atoms with van der Waals surface area (Å²) >= 11 is 0. The average Bonchev–Trinajstić information content (AvgIpc) is 3.01. The predicted octanol–water partition coefficient (Wildman–Crippen LogP) is 7.57. The first kappa shape index (κ1) is 102. The third-order valence-electron chi connectivity index (χ3n) is 0.200. The van der Waals surface area contributed by atoms with Gasteiger partial charge in [0.25, 0.3) is 0 Å². The van der Waals surface area contributed by atoms with Crippen molar-refractivity contribution in [1.82, 2.24) is 0 Å². The molecule has 4 nitrogen and oxygen atoms in total. The Morgan fingerprint density at radius 3 is 0.219 bits per heavy atom. The Hall–Kier alpha value is -3.28. The van der Waals surface area contributed by atoms with Gasteiger partial charge in [-0.2, -0.15) is 0 Å². The molecule has 0 aliphatic rings. The zero-order valence-electron chi connectivity index (χ0n) is 21.6. The topological polar surface area (TPSA) is 80.9 Å². The van der Waals surface area contributed by atoms with Crippen LogP contribution in [0.1, 0.15) is 0 Å². The van der Waals surface area contributed by atoms with Gasteiger partial charge in [0.15, 0.2) is 0 Å². The van der Waals surface area contributed by atoms with Crippen LogP contribution in [0.5, 0.6) is 0 Å². The Bertz CT molecular complexity index is 94.4. The Labute approximate surface area is 205 Å². The highest BCUT2D eigenvalue weighted by Crippen LogP contribution is 1.40. The van der Waals surface area contributed by atoms with Crippen LogP contribution < -0.4 is 0 Å². The van der Waals surface area contributed by atoms with E-state index in [1.54, 1.807) is 0 Å². The lowest BCUT2D eigenvalue weighted by Crippen LogP contribution is -1.85. The molecule has 0 radical (unpaired) electrons. The molecule has 0 unspecified atom stereocenters. The van der Waals surface area contributed by atoms with Gasteiger partial charge in [0.1, 0.15) is 0 Å². The van der Waals surface area contributed by atoms with Crippen LogP contribution in [0.2, 0.25) is 0 Å². The predicted molar refractivity (Wildman–Crippen MR) is 163 cm³/mol. The van der Waals surface area contributed by atoms with Crippen molar-refractivity contribution in [3.63, 3.8) is 0 Å². The molecule has 0 atom stereocenters. The van der Waals surface area contributed by atoms with E-state index in [0.29, 0.717) is 0 Å². The lowest BCUT2D eigenvalue weighted by Gasteiger charge is -1.70. The summed E-state index contributed by atoms with van der Waals surface area (Å²) < 4.78 is 0. The van der Waals surface area contributed by atoms with E-state index >= 15 is 0 Å². The highest BCUT2D eigenvalue weighted by molar-refractivity contribution is 4.24. The molecule has 0 aromatic carbocycles. The molecule has 0 saturated carbocycles. The molecule has 32 heavy (non-hydrogen) atoms. The van der Waals surface area contributed by atoms with Crippen molar-refractivity contribution in [2.75, 3.05) is 26.4 Å². The van der Waals surface area contributed by atoms with Crippen LogP contribution in [-0.4, -0.2) is 46.9 Å². The van der Waals surface area contributed by atoms with Crippen LogP contribution in [0.4, 0.5) is 0 Å².